The molecule has 1 saturated carbocycles. The number of imide groups is 1. The average molecular weight is 368 g/mol. The van der Waals surface area contributed by atoms with E-state index < -0.39 is 35.6 Å². The monoisotopic (exact) mass is 368 g/mol. The maximum absolute atomic E-state index is 12.1. The minimum absolute atomic E-state index is 0.229. The third-order valence-electron chi connectivity index (χ3n) is 3.74. The first kappa shape index (κ1) is 21.0. The van der Waals surface area contributed by atoms with Gasteiger partial charge in [0.25, 0.3) is 0 Å². The fourth-order valence-electron chi connectivity index (χ4n) is 2.56. The van der Waals surface area contributed by atoms with Crippen molar-refractivity contribution in [2.45, 2.75) is 63.7 Å². The van der Waals surface area contributed by atoms with Crippen molar-refractivity contribution >= 4 is 29.4 Å². The lowest BCUT2D eigenvalue weighted by Gasteiger charge is -2.21. The Kier molecular flexibility index (Phi) is 8.75. The van der Waals surface area contributed by atoms with Crippen molar-refractivity contribution in [2.24, 2.45) is 0 Å². The van der Waals surface area contributed by atoms with Crippen LogP contribution in [0.15, 0.2) is 0 Å². The zero-order chi connectivity index (χ0) is 18.2. The smallest absolute Gasteiger partial charge is 0.303 e. The minimum atomic E-state index is -4.79. The predicted molar refractivity (Wildman–Crippen MR) is 85.6 cm³/mol. The molecule has 9 heteroatoms. The number of carbonyl (C=O) groups is 3. The maximum Gasteiger partial charge on any atom is 0.450 e. The Morgan fingerprint density at radius 2 is 1.83 bits per heavy atom. The number of hydrogen-bond acceptors (Lipinski definition) is 5. The molecule has 0 heterocycles. The number of amides is 2. The van der Waals surface area contributed by atoms with Crippen molar-refractivity contribution in [3.8, 4) is 0 Å². The van der Waals surface area contributed by atoms with Crippen molar-refractivity contribution in [3.63, 3.8) is 0 Å². The Morgan fingerprint density at radius 3 is 2.38 bits per heavy atom. The molecule has 2 N–H and O–H groups in total. The number of hydrogen-bond donors (Lipinski definition) is 2. The zero-order valence-electron chi connectivity index (χ0n) is 13.6. The second kappa shape index (κ2) is 10.0. The molecule has 24 heavy (non-hydrogen) atoms. The molecule has 0 saturated heterocycles. The molecule has 138 valence electrons. The topological polar surface area (TPSA) is 75.3 Å². The number of nitrogens with one attached hydrogen (secondary N) is 2. The van der Waals surface area contributed by atoms with E-state index >= 15 is 0 Å². The molecule has 0 bridgehead atoms. The summed E-state index contributed by atoms with van der Waals surface area (Å²) in [6.07, 6.45) is 0.217. The highest BCUT2D eigenvalue weighted by Crippen LogP contribution is 2.21. The second-order valence-corrected chi connectivity index (χ2v) is 6.97. The van der Waals surface area contributed by atoms with Crippen LogP contribution >= 0.6 is 11.8 Å². The van der Waals surface area contributed by atoms with Gasteiger partial charge in [-0.25, -0.2) is 0 Å². The van der Waals surface area contributed by atoms with Gasteiger partial charge >= 0.3 is 6.18 Å². The average Bonchev–Trinajstić information content (AvgIpc) is 2.96. The molecule has 1 atom stereocenters. The van der Waals surface area contributed by atoms with E-state index in [-0.39, 0.29) is 6.04 Å². The standard InChI is InChI=1S/C15H23F3N2O3S/c1-10(21)19-14(23)12(20-11-5-2-3-6-11)7-4-8-24-9-13(22)15(16,17)18/h11-12,20H,2-9H2,1H3,(H,19,21,23)/t12-/m0/s1. The van der Waals surface area contributed by atoms with Gasteiger partial charge in [0, 0.05) is 13.0 Å². The fourth-order valence-corrected chi connectivity index (χ4v) is 3.43. The molecule has 1 aliphatic carbocycles. The third-order valence-corrected chi connectivity index (χ3v) is 4.78. The Labute approximate surface area is 143 Å². The van der Waals surface area contributed by atoms with Crippen LogP contribution in [0.1, 0.15) is 45.4 Å². The summed E-state index contributed by atoms with van der Waals surface area (Å²) in [7, 11) is 0. The molecule has 0 aliphatic heterocycles. The number of carbonyl (C=O) groups excluding carboxylic acids is 3. The van der Waals surface area contributed by atoms with Crippen molar-refractivity contribution < 1.29 is 27.6 Å². The molecule has 0 unspecified atom stereocenters. The lowest BCUT2D eigenvalue weighted by atomic mass is 10.1. The maximum atomic E-state index is 12.1. The van der Waals surface area contributed by atoms with E-state index in [0.717, 1.165) is 37.4 Å². The highest BCUT2D eigenvalue weighted by atomic mass is 32.2. The molecule has 1 rings (SSSR count). The van der Waals surface area contributed by atoms with E-state index in [1.807, 2.05) is 0 Å². The van der Waals surface area contributed by atoms with E-state index in [1.54, 1.807) is 0 Å². The lowest BCUT2D eigenvalue weighted by molar-refractivity contribution is -0.167. The first-order valence-electron chi connectivity index (χ1n) is 7.95. The van der Waals surface area contributed by atoms with Crippen molar-refractivity contribution in [1.82, 2.24) is 10.6 Å². The molecule has 5 nitrogen and oxygen atoms in total. The minimum Gasteiger partial charge on any atom is -0.303 e. The summed E-state index contributed by atoms with van der Waals surface area (Å²) in [6.45, 7) is 1.25. The van der Waals surface area contributed by atoms with E-state index in [1.165, 1.54) is 6.92 Å². The third kappa shape index (κ3) is 8.14. The van der Waals surface area contributed by atoms with Gasteiger partial charge in [0.05, 0.1) is 11.8 Å². The van der Waals surface area contributed by atoms with Gasteiger partial charge in [-0.15, -0.1) is 0 Å². The van der Waals surface area contributed by atoms with Crippen LogP contribution in [-0.4, -0.2) is 47.4 Å². The van der Waals surface area contributed by atoms with Gasteiger partial charge in [-0.05, 0) is 31.4 Å². The van der Waals surface area contributed by atoms with E-state index in [9.17, 15) is 27.6 Å². The van der Waals surface area contributed by atoms with E-state index in [2.05, 4.69) is 10.6 Å². The number of halogens is 3. The predicted octanol–water partition coefficient (Wildman–Crippen LogP) is 2.19. The number of thioether (sulfide) groups is 1. The SMILES string of the molecule is CC(=O)NC(=O)[C@H](CCCSCC(=O)C(F)(F)F)NC1CCCC1. The molecule has 1 aliphatic rings. The van der Waals surface area contributed by atoms with Gasteiger partial charge in [-0.1, -0.05) is 12.8 Å². The molecule has 0 aromatic rings. The first-order chi connectivity index (χ1) is 11.2. The van der Waals surface area contributed by atoms with Crippen molar-refractivity contribution in [3.05, 3.63) is 0 Å². The summed E-state index contributed by atoms with van der Waals surface area (Å²) in [6, 6.07) is -0.317. The first-order valence-corrected chi connectivity index (χ1v) is 9.11. The van der Waals surface area contributed by atoms with Gasteiger partial charge in [0.1, 0.15) is 0 Å². The van der Waals surface area contributed by atoms with Gasteiger partial charge in [-0.3, -0.25) is 19.7 Å². The number of alkyl halides is 3. The summed E-state index contributed by atoms with van der Waals surface area (Å²) >= 11 is 0.903. The molecule has 2 amide bonds. The van der Waals surface area contributed by atoms with Crippen LogP contribution in [0.25, 0.3) is 0 Å². The molecule has 0 aromatic carbocycles. The van der Waals surface area contributed by atoms with Crippen LogP contribution in [0.4, 0.5) is 13.2 Å². The quantitative estimate of drug-likeness (QED) is 0.610. The second-order valence-electron chi connectivity index (χ2n) is 5.86. The fraction of sp³-hybridized carbons (Fsp3) is 0.800. The van der Waals surface area contributed by atoms with Crippen molar-refractivity contribution in [1.29, 1.82) is 0 Å². The van der Waals surface area contributed by atoms with Crippen LogP contribution in [-0.2, 0) is 14.4 Å². The summed E-state index contributed by atoms with van der Waals surface area (Å²) in [5, 5.41) is 5.47. The summed E-state index contributed by atoms with van der Waals surface area (Å²) in [5.41, 5.74) is 0. The van der Waals surface area contributed by atoms with Crippen LogP contribution in [0.2, 0.25) is 0 Å². The summed E-state index contributed by atoms with van der Waals surface area (Å²) < 4.78 is 36.3. The van der Waals surface area contributed by atoms with E-state index in [4.69, 9.17) is 0 Å². The number of ketones is 1. The Morgan fingerprint density at radius 1 is 1.21 bits per heavy atom. The summed E-state index contributed by atoms with van der Waals surface area (Å²) in [5.74, 6) is -2.86. The highest BCUT2D eigenvalue weighted by molar-refractivity contribution is 7.99. The van der Waals surface area contributed by atoms with E-state index in [0.29, 0.717) is 18.6 Å². The lowest BCUT2D eigenvalue weighted by Crippen LogP contribution is -2.48. The molecular weight excluding hydrogens is 345 g/mol. The number of rotatable bonds is 9. The van der Waals surface area contributed by atoms with Gasteiger partial charge in [0.15, 0.2) is 0 Å². The van der Waals surface area contributed by atoms with Crippen molar-refractivity contribution in [2.75, 3.05) is 11.5 Å². The van der Waals surface area contributed by atoms with Crippen LogP contribution in [0.5, 0.6) is 0 Å². The largest absolute Gasteiger partial charge is 0.450 e. The normalized spacial score (nSPS) is 16.8. The zero-order valence-corrected chi connectivity index (χ0v) is 14.4. The Bertz CT molecular complexity index is 452. The summed E-state index contributed by atoms with van der Waals surface area (Å²) in [4.78, 5) is 33.8. The van der Waals surface area contributed by atoms with Crippen LogP contribution < -0.4 is 10.6 Å². The Hall–Kier alpha value is -1.09. The molecule has 0 radical (unpaired) electrons. The molecule has 1 fully saturated rings. The van der Waals surface area contributed by atoms with Gasteiger partial charge < -0.3 is 5.32 Å². The Balaban J connectivity index is 2.36. The molecule has 0 spiro atoms. The molecular formula is C15H23F3N2O3S. The van der Waals surface area contributed by atoms with Crippen LogP contribution in [0.3, 0.4) is 0 Å². The highest BCUT2D eigenvalue weighted by Gasteiger charge is 2.37. The number of Topliss-reactive ketones (excluding diaryl/α,β-unsaturated/α-hetero) is 1. The van der Waals surface area contributed by atoms with Crippen LogP contribution in [0, 0.1) is 0 Å². The van der Waals surface area contributed by atoms with Gasteiger partial charge in [0.2, 0.25) is 17.6 Å². The molecule has 0 aromatic heterocycles. The van der Waals surface area contributed by atoms with Gasteiger partial charge in [-0.2, -0.15) is 24.9 Å².